The van der Waals surface area contributed by atoms with Crippen molar-refractivity contribution in [1.29, 1.82) is 0 Å². The van der Waals surface area contributed by atoms with Crippen molar-refractivity contribution >= 4 is 45.1 Å². The quantitative estimate of drug-likeness (QED) is 0.557. The molecule has 2 N–H and O–H groups in total. The molecule has 0 radical (unpaired) electrons. The predicted molar refractivity (Wildman–Crippen MR) is 118 cm³/mol. The molecule has 154 valence electrons. The number of rotatable bonds is 6. The van der Waals surface area contributed by atoms with Gasteiger partial charge in [0.05, 0.1) is 4.90 Å². The van der Waals surface area contributed by atoms with Crippen LogP contribution < -0.4 is 10.0 Å². The fourth-order valence-corrected chi connectivity index (χ4v) is 3.73. The first-order chi connectivity index (χ1) is 14.2. The van der Waals surface area contributed by atoms with Crippen LogP contribution in [0.15, 0.2) is 65.6 Å². The molecular weight excluding hydrogens is 424 g/mol. The minimum Gasteiger partial charge on any atom is -0.323 e. The summed E-state index contributed by atoms with van der Waals surface area (Å²) in [5, 5.41) is 3.30. The third-order valence-electron chi connectivity index (χ3n) is 3.93. The Labute approximate surface area is 179 Å². The van der Waals surface area contributed by atoms with Crippen molar-refractivity contribution in [3.05, 3.63) is 82.8 Å². The van der Waals surface area contributed by atoms with Crippen LogP contribution in [-0.4, -0.2) is 24.3 Å². The van der Waals surface area contributed by atoms with Gasteiger partial charge in [0, 0.05) is 28.5 Å². The lowest BCUT2D eigenvalue weighted by Crippen LogP contribution is -2.15. The molecule has 0 unspecified atom stereocenters. The van der Waals surface area contributed by atoms with Crippen LogP contribution in [0.5, 0.6) is 0 Å². The van der Waals surface area contributed by atoms with Gasteiger partial charge in [-0.25, -0.2) is 18.4 Å². The van der Waals surface area contributed by atoms with E-state index in [2.05, 4.69) is 20.0 Å². The van der Waals surface area contributed by atoms with Gasteiger partial charge in [-0.1, -0.05) is 23.7 Å². The molecule has 7 nitrogen and oxygen atoms in total. The van der Waals surface area contributed by atoms with E-state index in [1.807, 2.05) is 0 Å². The second kappa shape index (κ2) is 9.06. The monoisotopic (exact) mass is 442 g/mol. The lowest BCUT2D eigenvalue weighted by atomic mass is 10.2. The van der Waals surface area contributed by atoms with Crippen LogP contribution in [0.25, 0.3) is 6.08 Å². The number of carbonyl (C=O) groups excluding carboxylic acids is 1. The molecule has 1 amide bonds. The maximum Gasteiger partial charge on any atom is 0.263 e. The van der Waals surface area contributed by atoms with Crippen LogP contribution in [0.1, 0.15) is 17.1 Å². The smallest absolute Gasteiger partial charge is 0.263 e. The van der Waals surface area contributed by atoms with E-state index in [9.17, 15) is 13.2 Å². The second-order valence-corrected chi connectivity index (χ2v) is 8.56. The van der Waals surface area contributed by atoms with Crippen molar-refractivity contribution < 1.29 is 13.2 Å². The van der Waals surface area contributed by atoms with Crippen molar-refractivity contribution in [2.24, 2.45) is 0 Å². The molecule has 0 saturated heterocycles. The number of sulfonamides is 1. The molecule has 30 heavy (non-hydrogen) atoms. The van der Waals surface area contributed by atoms with Crippen LogP contribution in [0.3, 0.4) is 0 Å². The topological polar surface area (TPSA) is 101 Å². The van der Waals surface area contributed by atoms with E-state index in [-0.39, 0.29) is 16.6 Å². The molecule has 9 heteroatoms. The first-order valence-electron chi connectivity index (χ1n) is 8.91. The largest absolute Gasteiger partial charge is 0.323 e. The summed E-state index contributed by atoms with van der Waals surface area (Å²) in [4.78, 5) is 20.3. The Hall–Kier alpha value is -3.23. The van der Waals surface area contributed by atoms with E-state index in [0.29, 0.717) is 22.2 Å². The van der Waals surface area contributed by atoms with Gasteiger partial charge in [-0.2, -0.15) is 0 Å². The molecule has 0 aliphatic carbocycles. The molecule has 3 rings (SSSR count). The Kier molecular flexibility index (Phi) is 6.49. The first kappa shape index (κ1) is 21.5. The lowest BCUT2D eigenvalue weighted by Gasteiger charge is -2.09. The van der Waals surface area contributed by atoms with Crippen molar-refractivity contribution in [3.63, 3.8) is 0 Å². The lowest BCUT2D eigenvalue weighted by molar-refractivity contribution is -0.111. The number of hydrogen-bond donors (Lipinski definition) is 2. The van der Waals surface area contributed by atoms with E-state index in [1.54, 1.807) is 50.3 Å². The summed E-state index contributed by atoms with van der Waals surface area (Å²) < 4.78 is 27.6. The van der Waals surface area contributed by atoms with E-state index < -0.39 is 10.0 Å². The zero-order valence-corrected chi connectivity index (χ0v) is 17.8. The third kappa shape index (κ3) is 5.88. The number of nitrogens with zero attached hydrogens (tertiary/aromatic N) is 2. The van der Waals surface area contributed by atoms with Gasteiger partial charge in [-0.15, -0.1) is 0 Å². The predicted octanol–water partition coefficient (Wildman–Crippen LogP) is 4.20. The Morgan fingerprint density at radius 1 is 1.00 bits per heavy atom. The van der Waals surface area contributed by atoms with Crippen LogP contribution in [0, 0.1) is 13.8 Å². The van der Waals surface area contributed by atoms with Gasteiger partial charge in [-0.3, -0.25) is 9.52 Å². The summed E-state index contributed by atoms with van der Waals surface area (Å²) in [7, 11) is -3.82. The van der Waals surface area contributed by atoms with Gasteiger partial charge in [0.15, 0.2) is 0 Å². The highest BCUT2D eigenvalue weighted by Gasteiger charge is 2.15. The number of anilines is 2. The summed E-state index contributed by atoms with van der Waals surface area (Å²) in [5.74, 6) is 0.327. The number of carbonyl (C=O) groups is 1. The number of benzene rings is 2. The summed E-state index contributed by atoms with van der Waals surface area (Å²) in [6.07, 6.45) is 3.04. The normalized spacial score (nSPS) is 11.4. The number of aromatic nitrogens is 2. The van der Waals surface area contributed by atoms with Gasteiger partial charge in [0.25, 0.3) is 10.0 Å². The number of halogens is 1. The fraction of sp³-hybridized carbons (Fsp3) is 0.0952. The molecule has 0 spiro atoms. The van der Waals surface area contributed by atoms with Gasteiger partial charge in [-0.05, 0) is 61.9 Å². The zero-order chi connectivity index (χ0) is 21.7. The number of aryl methyl sites for hydroxylation is 2. The van der Waals surface area contributed by atoms with Crippen molar-refractivity contribution in [1.82, 2.24) is 9.97 Å². The number of nitrogens with one attached hydrogen (secondary N) is 2. The van der Waals surface area contributed by atoms with Crippen molar-refractivity contribution in [2.45, 2.75) is 18.7 Å². The number of amides is 1. The van der Waals surface area contributed by atoms with Crippen LogP contribution in [-0.2, 0) is 14.8 Å². The summed E-state index contributed by atoms with van der Waals surface area (Å²) >= 11 is 5.83. The Balaban J connectivity index is 1.66. The Morgan fingerprint density at radius 3 is 2.30 bits per heavy atom. The molecule has 0 aliphatic heterocycles. The number of hydrogen-bond acceptors (Lipinski definition) is 5. The van der Waals surface area contributed by atoms with Crippen molar-refractivity contribution in [2.75, 3.05) is 10.0 Å². The van der Waals surface area contributed by atoms with E-state index in [0.717, 1.165) is 5.56 Å². The summed E-state index contributed by atoms with van der Waals surface area (Å²) in [6.45, 7) is 3.44. The molecular formula is C21H19ClN4O3S. The van der Waals surface area contributed by atoms with Gasteiger partial charge < -0.3 is 5.32 Å². The SMILES string of the molecule is Cc1cc(NS(=O)(=O)c2ccc(NC(=O)C=Cc3ccc(Cl)cc3)cc2)nc(C)n1. The highest BCUT2D eigenvalue weighted by molar-refractivity contribution is 7.92. The average molecular weight is 443 g/mol. The molecule has 0 fully saturated rings. The molecule has 1 aromatic heterocycles. The second-order valence-electron chi connectivity index (χ2n) is 6.45. The van der Waals surface area contributed by atoms with Gasteiger partial charge >= 0.3 is 0 Å². The average Bonchev–Trinajstić information content (AvgIpc) is 2.67. The summed E-state index contributed by atoms with van der Waals surface area (Å²) in [6, 6.07) is 14.4. The highest BCUT2D eigenvalue weighted by atomic mass is 35.5. The maximum absolute atomic E-state index is 12.6. The fourth-order valence-electron chi connectivity index (χ4n) is 2.61. The third-order valence-corrected chi connectivity index (χ3v) is 5.56. The molecule has 2 aromatic carbocycles. The van der Waals surface area contributed by atoms with Crippen LogP contribution in [0.2, 0.25) is 5.02 Å². The Bertz CT molecular complexity index is 1170. The Morgan fingerprint density at radius 2 is 1.67 bits per heavy atom. The van der Waals surface area contributed by atoms with E-state index >= 15 is 0 Å². The highest BCUT2D eigenvalue weighted by Crippen LogP contribution is 2.18. The standard InChI is InChI=1S/C21H19ClN4O3S/c1-14-13-20(24-15(2)23-14)26-30(28,29)19-10-8-18(9-11-19)25-21(27)12-5-16-3-6-17(22)7-4-16/h3-13H,1-2H3,(H,25,27)(H,23,24,26). The van der Waals surface area contributed by atoms with Crippen LogP contribution >= 0.6 is 11.6 Å². The van der Waals surface area contributed by atoms with E-state index in [1.165, 1.54) is 30.3 Å². The van der Waals surface area contributed by atoms with Crippen molar-refractivity contribution in [3.8, 4) is 0 Å². The molecule has 0 aliphatic rings. The van der Waals surface area contributed by atoms with E-state index in [4.69, 9.17) is 11.6 Å². The summed E-state index contributed by atoms with van der Waals surface area (Å²) in [5.41, 5.74) is 1.95. The first-order valence-corrected chi connectivity index (χ1v) is 10.8. The van der Waals surface area contributed by atoms with Gasteiger partial charge in [0.2, 0.25) is 5.91 Å². The van der Waals surface area contributed by atoms with Gasteiger partial charge in [0.1, 0.15) is 11.6 Å². The zero-order valence-electron chi connectivity index (χ0n) is 16.3. The molecule has 0 bridgehead atoms. The molecule has 0 atom stereocenters. The molecule has 0 saturated carbocycles. The maximum atomic E-state index is 12.6. The molecule has 3 aromatic rings. The minimum atomic E-state index is -3.82. The minimum absolute atomic E-state index is 0.0473. The van der Waals surface area contributed by atoms with Crippen LogP contribution in [0.4, 0.5) is 11.5 Å². The molecule has 1 heterocycles.